The van der Waals surface area contributed by atoms with Crippen LogP contribution < -0.4 is 5.32 Å². The highest BCUT2D eigenvalue weighted by Crippen LogP contribution is 2.16. The summed E-state index contributed by atoms with van der Waals surface area (Å²) in [6, 6.07) is 8.34. The third kappa shape index (κ3) is 2.86. The molecule has 108 valence electrons. The van der Waals surface area contributed by atoms with Crippen LogP contribution in [-0.4, -0.2) is 47.2 Å². The SMILES string of the molecule is O[C@H]1[C@H](CNCc2ccc3cc[nH]c3c2)COC[C@H]1O. The smallest absolute Gasteiger partial charge is 0.104 e. The molecule has 1 fully saturated rings. The van der Waals surface area contributed by atoms with E-state index in [0.29, 0.717) is 13.2 Å². The van der Waals surface area contributed by atoms with Crippen LogP contribution in [0.5, 0.6) is 0 Å². The van der Waals surface area contributed by atoms with Gasteiger partial charge in [-0.25, -0.2) is 0 Å². The van der Waals surface area contributed by atoms with Crippen LogP contribution in [0.4, 0.5) is 0 Å². The Balaban J connectivity index is 1.54. The van der Waals surface area contributed by atoms with E-state index in [2.05, 4.69) is 28.5 Å². The fourth-order valence-electron chi connectivity index (χ4n) is 2.64. The second-order valence-electron chi connectivity index (χ2n) is 5.39. The van der Waals surface area contributed by atoms with Crippen molar-refractivity contribution in [3.63, 3.8) is 0 Å². The maximum absolute atomic E-state index is 9.87. The van der Waals surface area contributed by atoms with Gasteiger partial charge < -0.3 is 25.3 Å². The van der Waals surface area contributed by atoms with Gasteiger partial charge in [-0.1, -0.05) is 12.1 Å². The van der Waals surface area contributed by atoms with Crippen molar-refractivity contribution in [2.75, 3.05) is 19.8 Å². The van der Waals surface area contributed by atoms with E-state index < -0.39 is 12.2 Å². The quantitative estimate of drug-likeness (QED) is 0.660. The Morgan fingerprint density at radius 1 is 1.25 bits per heavy atom. The molecule has 2 heterocycles. The van der Waals surface area contributed by atoms with Gasteiger partial charge in [0.15, 0.2) is 0 Å². The van der Waals surface area contributed by atoms with Crippen LogP contribution >= 0.6 is 0 Å². The van der Waals surface area contributed by atoms with Crippen molar-refractivity contribution in [2.45, 2.75) is 18.8 Å². The summed E-state index contributed by atoms with van der Waals surface area (Å²) in [5.41, 5.74) is 2.31. The molecule has 0 radical (unpaired) electrons. The molecule has 4 N–H and O–H groups in total. The molecule has 2 aromatic rings. The summed E-state index contributed by atoms with van der Waals surface area (Å²) in [7, 11) is 0. The third-order valence-electron chi connectivity index (χ3n) is 3.85. The Morgan fingerprint density at radius 3 is 3.05 bits per heavy atom. The third-order valence-corrected chi connectivity index (χ3v) is 3.85. The maximum atomic E-state index is 9.87. The Labute approximate surface area is 117 Å². The first-order valence-electron chi connectivity index (χ1n) is 6.94. The minimum atomic E-state index is -0.772. The van der Waals surface area contributed by atoms with E-state index in [0.717, 1.165) is 12.1 Å². The Hall–Kier alpha value is -1.40. The minimum absolute atomic E-state index is 0.0621. The van der Waals surface area contributed by atoms with E-state index in [9.17, 15) is 10.2 Å². The van der Waals surface area contributed by atoms with Crippen molar-refractivity contribution in [2.24, 2.45) is 5.92 Å². The van der Waals surface area contributed by atoms with Gasteiger partial charge in [-0.3, -0.25) is 0 Å². The number of fused-ring (bicyclic) bond motifs is 1. The van der Waals surface area contributed by atoms with Gasteiger partial charge in [-0.15, -0.1) is 0 Å². The molecule has 5 heteroatoms. The van der Waals surface area contributed by atoms with Gasteiger partial charge in [0, 0.05) is 30.7 Å². The van der Waals surface area contributed by atoms with E-state index in [1.165, 1.54) is 10.9 Å². The average Bonchev–Trinajstić information content (AvgIpc) is 2.91. The predicted octanol–water partition coefficient (Wildman–Crippen LogP) is 0.626. The molecular weight excluding hydrogens is 256 g/mol. The summed E-state index contributed by atoms with van der Waals surface area (Å²) in [6.07, 6.45) is 0.451. The van der Waals surface area contributed by atoms with Gasteiger partial charge in [-0.2, -0.15) is 0 Å². The molecule has 0 amide bonds. The topological polar surface area (TPSA) is 77.5 Å². The number of H-pyrrole nitrogens is 1. The Morgan fingerprint density at radius 2 is 2.15 bits per heavy atom. The van der Waals surface area contributed by atoms with Crippen LogP contribution in [0.3, 0.4) is 0 Å². The lowest BCUT2D eigenvalue weighted by atomic mass is 9.96. The fourth-order valence-corrected chi connectivity index (χ4v) is 2.64. The highest BCUT2D eigenvalue weighted by atomic mass is 16.5. The Kier molecular flexibility index (Phi) is 4.03. The highest BCUT2D eigenvalue weighted by molar-refractivity contribution is 5.79. The molecule has 20 heavy (non-hydrogen) atoms. The van der Waals surface area contributed by atoms with Crippen LogP contribution in [0, 0.1) is 5.92 Å². The van der Waals surface area contributed by atoms with Crippen LogP contribution in [0.1, 0.15) is 5.56 Å². The van der Waals surface area contributed by atoms with Gasteiger partial charge in [0.25, 0.3) is 0 Å². The van der Waals surface area contributed by atoms with Crippen LogP contribution in [0.15, 0.2) is 30.5 Å². The monoisotopic (exact) mass is 276 g/mol. The summed E-state index contributed by atoms with van der Waals surface area (Å²) >= 11 is 0. The minimum Gasteiger partial charge on any atom is -0.390 e. The molecule has 0 bridgehead atoms. The van der Waals surface area contributed by atoms with Crippen LogP contribution in [0.2, 0.25) is 0 Å². The summed E-state index contributed by atoms with van der Waals surface area (Å²) < 4.78 is 5.26. The first-order chi connectivity index (χ1) is 9.74. The Bertz CT molecular complexity index is 569. The molecule has 1 aliphatic heterocycles. The number of ether oxygens (including phenoxy) is 1. The largest absolute Gasteiger partial charge is 0.390 e. The molecule has 0 spiro atoms. The lowest BCUT2D eigenvalue weighted by molar-refractivity contribution is -0.119. The molecule has 1 aliphatic rings. The van der Waals surface area contributed by atoms with Crippen LogP contribution in [-0.2, 0) is 11.3 Å². The van der Waals surface area contributed by atoms with E-state index in [4.69, 9.17) is 4.74 Å². The maximum Gasteiger partial charge on any atom is 0.104 e. The number of rotatable bonds is 4. The zero-order valence-electron chi connectivity index (χ0n) is 11.2. The molecule has 0 unspecified atom stereocenters. The second kappa shape index (κ2) is 5.93. The standard InChI is InChI=1S/C15H20N2O3/c18-14-9-20-8-12(15(14)19)7-16-6-10-1-2-11-3-4-17-13(11)5-10/h1-5,12,14-19H,6-9H2/t12-,14-,15+/m1/s1. The normalized spacial score (nSPS) is 27.0. The summed E-state index contributed by atoms with van der Waals surface area (Å²) in [6.45, 7) is 2.07. The van der Waals surface area contributed by atoms with Crippen molar-refractivity contribution < 1.29 is 14.9 Å². The molecule has 1 aromatic heterocycles. The van der Waals surface area contributed by atoms with E-state index >= 15 is 0 Å². The summed E-state index contributed by atoms with van der Waals surface area (Å²) in [5.74, 6) is -0.0621. The van der Waals surface area contributed by atoms with Crippen molar-refractivity contribution in [1.29, 1.82) is 0 Å². The molecule has 3 atom stereocenters. The van der Waals surface area contributed by atoms with Crippen molar-refractivity contribution >= 4 is 10.9 Å². The fraction of sp³-hybridized carbons (Fsp3) is 0.467. The van der Waals surface area contributed by atoms with Gasteiger partial charge in [0.2, 0.25) is 0 Å². The highest BCUT2D eigenvalue weighted by Gasteiger charge is 2.30. The number of aliphatic hydroxyl groups is 2. The average molecular weight is 276 g/mol. The zero-order chi connectivity index (χ0) is 13.9. The van der Waals surface area contributed by atoms with E-state index in [1.54, 1.807) is 0 Å². The van der Waals surface area contributed by atoms with Gasteiger partial charge in [-0.05, 0) is 23.1 Å². The second-order valence-corrected chi connectivity index (χ2v) is 5.39. The molecular formula is C15H20N2O3. The lowest BCUT2D eigenvalue weighted by Gasteiger charge is -2.31. The van der Waals surface area contributed by atoms with Crippen molar-refractivity contribution in [3.8, 4) is 0 Å². The number of aromatic nitrogens is 1. The number of aliphatic hydroxyl groups excluding tert-OH is 2. The van der Waals surface area contributed by atoms with Crippen LogP contribution in [0.25, 0.3) is 10.9 Å². The van der Waals surface area contributed by atoms with Crippen molar-refractivity contribution in [3.05, 3.63) is 36.0 Å². The van der Waals surface area contributed by atoms with E-state index in [-0.39, 0.29) is 12.5 Å². The molecule has 1 saturated heterocycles. The number of benzene rings is 1. The molecule has 1 aromatic carbocycles. The van der Waals surface area contributed by atoms with Gasteiger partial charge in [0.05, 0.1) is 19.3 Å². The van der Waals surface area contributed by atoms with Gasteiger partial charge >= 0.3 is 0 Å². The number of aromatic amines is 1. The van der Waals surface area contributed by atoms with Gasteiger partial charge in [0.1, 0.15) is 6.10 Å². The first kappa shape index (κ1) is 13.6. The zero-order valence-corrected chi connectivity index (χ0v) is 11.2. The molecule has 0 aliphatic carbocycles. The number of hydrogen-bond acceptors (Lipinski definition) is 4. The number of nitrogens with one attached hydrogen (secondary N) is 2. The first-order valence-corrected chi connectivity index (χ1v) is 6.94. The van der Waals surface area contributed by atoms with Crippen molar-refractivity contribution in [1.82, 2.24) is 10.3 Å². The predicted molar refractivity (Wildman–Crippen MR) is 76.3 cm³/mol. The van der Waals surface area contributed by atoms with E-state index in [1.807, 2.05) is 12.3 Å². The number of hydrogen-bond donors (Lipinski definition) is 4. The molecule has 5 nitrogen and oxygen atoms in total. The molecule has 3 rings (SSSR count). The lowest BCUT2D eigenvalue weighted by Crippen LogP contribution is -2.47. The summed E-state index contributed by atoms with van der Waals surface area (Å²) in [4.78, 5) is 3.19. The molecule has 0 saturated carbocycles. The summed E-state index contributed by atoms with van der Waals surface area (Å²) in [5, 5.41) is 23.9.